The zero-order valence-corrected chi connectivity index (χ0v) is 19.3. The molecule has 2 fully saturated rings. The smallest absolute Gasteiger partial charge is 0.344 e. The summed E-state index contributed by atoms with van der Waals surface area (Å²) in [6, 6.07) is 8.83. The molecule has 1 saturated carbocycles. The van der Waals surface area contributed by atoms with Crippen LogP contribution in [0.4, 0.5) is 10.5 Å². The van der Waals surface area contributed by atoms with E-state index in [9.17, 15) is 24.0 Å². The Kier molecular flexibility index (Phi) is 6.64. The van der Waals surface area contributed by atoms with Crippen LogP contribution in [0.5, 0.6) is 0 Å². The Labute approximate surface area is 199 Å². The van der Waals surface area contributed by atoms with Crippen LogP contribution in [0.15, 0.2) is 41.8 Å². The van der Waals surface area contributed by atoms with Gasteiger partial charge in [0.05, 0.1) is 10.4 Å². The number of thiophene rings is 1. The summed E-state index contributed by atoms with van der Waals surface area (Å²) >= 11 is 1.29. The van der Waals surface area contributed by atoms with Crippen LogP contribution in [-0.4, -0.2) is 46.9 Å². The first-order chi connectivity index (χ1) is 16.3. The van der Waals surface area contributed by atoms with Gasteiger partial charge in [0.15, 0.2) is 6.61 Å². The van der Waals surface area contributed by atoms with Crippen molar-refractivity contribution in [3.05, 3.63) is 52.2 Å². The Bertz CT molecular complexity index is 1120. The van der Waals surface area contributed by atoms with E-state index < -0.39 is 36.0 Å². The summed E-state index contributed by atoms with van der Waals surface area (Å²) in [6.07, 6.45) is 2.63. The zero-order chi connectivity index (χ0) is 24.3. The molecule has 2 aliphatic rings. The second-order valence-electron chi connectivity index (χ2n) is 8.46. The molecule has 3 N–H and O–H groups in total. The Morgan fingerprint density at radius 1 is 1.18 bits per heavy atom. The number of carbonyl (C=O) groups is 5. The first-order valence-corrected chi connectivity index (χ1v) is 11.7. The molecular formula is C23H24N4O6S. The molecule has 1 aliphatic carbocycles. The monoisotopic (exact) mass is 484 g/mol. The van der Waals surface area contributed by atoms with Crippen molar-refractivity contribution in [2.45, 2.75) is 38.1 Å². The van der Waals surface area contributed by atoms with Gasteiger partial charge in [-0.15, -0.1) is 11.3 Å². The van der Waals surface area contributed by atoms with Crippen LogP contribution in [0.1, 0.15) is 52.6 Å². The van der Waals surface area contributed by atoms with Crippen molar-refractivity contribution in [1.29, 1.82) is 0 Å². The second kappa shape index (κ2) is 9.64. The summed E-state index contributed by atoms with van der Waals surface area (Å²) in [5.41, 5.74) is 1.76. The van der Waals surface area contributed by atoms with Gasteiger partial charge in [-0.3, -0.25) is 19.8 Å². The first kappa shape index (κ1) is 23.4. The maximum Gasteiger partial charge on any atom is 0.344 e. The van der Waals surface area contributed by atoms with Crippen molar-refractivity contribution in [3.63, 3.8) is 0 Å². The molecular weight excluding hydrogens is 460 g/mol. The minimum Gasteiger partial charge on any atom is -0.452 e. The van der Waals surface area contributed by atoms with Crippen LogP contribution in [0.3, 0.4) is 0 Å². The van der Waals surface area contributed by atoms with E-state index in [4.69, 9.17) is 4.74 Å². The van der Waals surface area contributed by atoms with Crippen LogP contribution in [0, 0.1) is 5.92 Å². The number of anilines is 1. The Hall–Kier alpha value is -3.73. The minimum atomic E-state index is -0.985. The first-order valence-electron chi connectivity index (χ1n) is 10.9. The number of ether oxygens (including phenoxy) is 1. The average Bonchev–Trinajstić information content (AvgIpc) is 3.44. The van der Waals surface area contributed by atoms with Crippen LogP contribution in [0.25, 0.3) is 0 Å². The van der Waals surface area contributed by atoms with E-state index >= 15 is 0 Å². The average molecular weight is 485 g/mol. The van der Waals surface area contributed by atoms with Crippen molar-refractivity contribution in [3.8, 4) is 0 Å². The SMILES string of the molecule is CC1CCC2(CC1)NC(=O)N(NC(=O)COC(=O)c1cccc(NC(=O)c3cccs3)c1)C2=O. The van der Waals surface area contributed by atoms with Crippen LogP contribution in [-0.2, 0) is 14.3 Å². The van der Waals surface area contributed by atoms with Gasteiger partial charge >= 0.3 is 12.0 Å². The van der Waals surface area contributed by atoms with Gasteiger partial charge in [-0.05, 0) is 61.2 Å². The highest BCUT2D eigenvalue weighted by molar-refractivity contribution is 7.12. The fourth-order valence-electron chi connectivity index (χ4n) is 4.01. The quantitative estimate of drug-likeness (QED) is 0.426. The van der Waals surface area contributed by atoms with E-state index in [1.807, 2.05) is 0 Å². The molecule has 1 aromatic carbocycles. The molecule has 1 aliphatic heterocycles. The lowest BCUT2D eigenvalue weighted by atomic mass is 9.77. The molecule has 1 aromatic heterocycles. The molecule has 1 spiro atoms. The summed E-state index contributed by atoms with van der Waals surface area (Å²) < 4.78 is 5.02. The number of amides is 5. The minimum absolute atomic E-state index is 0.127. The molecule has 0 radical (unpaired) electrons. The van der Waals surface area contributed by atoms with E-state index in [0.717, 1.165) is 12.8 Å². The number of esters is 1. The zero-order valence-electron chi connectivity index (χ0n) is 18.5. The van der Waals surface area contributed by atoms with Gasteiger partial charge in [0.25, 0.3) is 17.7 Å². The molecule has 4 rings (SSSR count). The Balaban J connectivity index is 1.30. The highest BCUT2D eigenvalue weighted by atomic mass is 32.1. The molecule has 0 atom stereocenters. The van der Waals surface area contributed by atoms with Gasteiger partial charge in [0.2, 0.25) is 0 Å². The second-order valence-corrected chi connectivity index (χ2v) is 9.41. The number of hydrazine groups is 1. The van der Waals surface area contributed by atoms with Crippen LogP contribution < -0.4 is 16.1 Å². The van der Waals surface area contributed by atoms with Crippen LogP contribution >= 0.6 is 11.3 Å². The molecule has 2 heterocycles. The third-order valence-electron chi connectivity index (χ3n) is 5.96. The van der Waals surface area contributed by atoms with E-state index in [0.29, 0.717) is 34.3 Å². The molecule has 10 nitrogen and oxygen atoms in total. The third kappa shape index (κ3) is 4.93. The number of nitrogens with one attached hydrogen (secondary N) is 3. The van der Waals surface area contributed by atoms with Crippen molar-refractivity contribution >= 4 is 46.7 Å². The lowest BCUT2D eigenvalue weighted by Crippen LogP contribution is -2.52. The van der Waals surface area contributed by atoms with E-state index in [-0.39, 0.29) is 11.5 Å². The molecule has 34 heavy (non-hydrogen) atoms. The number of nitrogens with zero attached hydrogens (tertiary/aromatic N) is 1. The van der Waals surface area contributed by atoms with Gasteiger partial charge in [-0.1, -0.05) is 19.1 Å². The van der Waals surface area contributed by atoms with E-state index in [1.54, 1.807) is 29.6 Å². The fourth-order valence-corrected chi connectivity index (χ4v) is 4.63. The Morgan fingerprint density at radius 3 is 2.65 bits per heavy atom. The van der Waals surface area contributed by atoms with Crippen molar-refractivity contribution < 1.29 is 28.7 Å². The summed E-state index contributed by atoms with van der Waals surface area (Å²) in [4.78, 5) is 62.4. The lowest BCUT2D eigenvalue weighted by molar-refractivity contribution is -0.141. The summed E-state index contributed by atoms with van der Waals surface area (Å²) in [5, 5.41) is 7.83. The predicted octanol–water partition coefficient (Wildman–Crippen LogP) is 2.69. The summed E-state index contributed by atoms with van der Waals surface area (Å²) in [5.74, 6) is -1.95. The van der Waals surface area contributed by atoms with Gasteiger partial charge in [0, 0.05) is 5.69 Å². The molecule has 1 saturated heterocycles. The predicted molar refractivity (Wildman–Crippen MR) is 123 cm³/mol. The summed E-state index contributed by atoms with van der Waals surface area (Å²) in [6.45, 7) is 1.40. The van der Waals surface area contributed by atoms with Crippen molar-refractivity contribution in [1.82, 2.24) is 15.8 Å². The lowest BCUT2D eigenvalue weighted by Gasteiger charge is -2.33. The van der Waals surface area contributed by atoms with Gasteiger partial charge in [-0.2, -0.15) is 5.01 Å². The van der Waals surface area contributed by atoms with Gasteiger partial charge < -0.3 is 15.4 Å². The molecule has 0 bridgehead atoms. The summed E-state index contributed by atoms with van der Waals surface area (Å²) in [7, 11) is 0. The molecule has 2 aromatic rings. The number of hydrogen-bond acceptors (Lipinski definition) is 7. The molecule has 5 amide bonds. The van der Waals surface area contributed by atoms with E-state index in [2.05, 4.69) is 23.0 Å². The normalized spacial score (nSPS) is 21.8. The molecule has 0 unspecified atom stereocenters. The van der Waals surface area contributed by atoms with Crippen molar-refractivity contribution in [2.75, 3.05) is 11.9 Å². The number of carbonyl (C=O) groups excluding carboxylic acids is 5. The highest BCUT2D eigenvalue weighted by Gasteiger charge is 2.52. The standard InChI is InChI=1S/C23H24N4O6S/c1-14-7-9-23(10-8-14)21(31)27(22(32)25-23)26-18(28)13-33-20(30)15-4-2-5-16(12-15)24-19(29)17-6-3-11-34-17/h2-6,11-12,14H,7-10,13H2,1H3,(H,24,29)(H,25,32)(H,26,28). The maximum absolute atomic E-state index is 12.8. The topological polar surface area (TPSA) is 134 Å². The van der Waals surface area contributed by atoms with Crippen molar-refractivity contribution in [2.24, 2.45) is 5.92 Å². The fraction of sp³-hybridized carbons (Fsp3) is 0.348. The number of rotatable bonds is 6. The molecule has 178 valence electrons. The number of urea groups is 1. The maximum atomic E-state index is 12.8. The van der Waals surface area contributed by atoms with Gasteiger partial charge in [-0.25, -0.2) is 9.59 Å². The number of benzene rings is 1. The van der Waals surface area contributed by atoms with Crippen LogP contribution in [0.2, 0.25) is 0 Å². The third-order valence-corrected chi connectivity index (χ3v) is 6.83. The molecule has 11 heteroatoms. The van der Waals surface area contributed by atoms with Gasteiger partial charge in [0.1, 0.15) is 5.54 Å². The number of imide groups is 1. The highest BCUT2D eigenvalue weighted by Crippen LogP contribution is 2.35. The largest absolute Gasteiger partial charge is 0.452 e. The number of hydrogen-bond donors (Lipinski definition) is 3. The Morgan fingerprint density at radius 2 is 1.94 bits per heavy atom. The van der Waals surface area contributed by atoms with E-state index in [1.165, 1.54) is 23.5 Å².